The summed E-state index contributed by atoms with van der Waals surface area (Å²) in [6, 6.07) is 61.0. The van der Waals surface area contributed by atoms with Gasteiger partial charge in [0.15, 0.2) is 17.5 Å². The van der Waals surface area contributed by atoms with Crippen molar-refractivity contribution in [2.75, 3.05) is 0 Å². The van der Waals surface area contributed by atoms with Crippen molar-refractivity contribution in [2.24, 2.45) is 0 Å². The Labute approximate surface area is 294 Å². The summed E-state index contributed by atoms with van der Waals surface area (Å²) in [4.78, 5) is 15.4. The Kier molecular flexibility index (Phi) is 6.78. The van der Waals surface area contributed by atoms with Gasteiger partial charge in [0, 0.05) is 32.8 Å². The van der Waals surface area contributed by atoms with E-state index in [1.165, 1.54) is 10.9 Å². The van der Waals surface area contributed by atoms with E-state index >= 15 is 0 Å². The topological polar surface area (TPSA) is 51.8 Å². The van der Waals surface area contributed by atoms with E-state index in [0.29, 0.717) is 17.5 Å². The van der Waals surface area contributed by atoms with E-state index in [2.05, 4.69) is 152 Å². The zero-order valence-corrected chi connectivity index (χ0v) is 27.5. The summed E-state index contributed by atoms with van der Waals surface area (Å²) in [5.74, 6) is 1.87. The molecule has 10 aromatic rings. The van der Waals surface area contributed by atoms with Crippen molar-refractivity contribution in [3.8, 4) is 56.4 Å². The molecule has 0 aliphatic heterocycles. The molecule has 0 unspecified atom stereocenters. The normalized spacial score (nSPS) is 11.5. The number of aromatic nitrogens is 3. The molecular formula is C47H29N3O. The molecule has 0 saturated carbocycles. The van der Waals surface area contributed by atoms with Gasteiger partial charge in [0.1, 0.15) is 11.2 Å². The van der Waals surface area contributed by atoms with E-state index in [9.17, 15) is 0 Å². The van der Waals surface area contributed by atoms with Gasteiger partial charge in [-0.25, -0.2) is 15.0 Å². The van der Waals surface area contributed by atoms with Crippen LogP contribution in [0.2, 0.25) is 0 Å². The zero-order valence-electron chi connectivity index (χ0n) is 27.5. The van der Waals surface area contributed by atoms with Crippen LogP contribution in [0.25, 0.3) is 99.9 Å². The molecule has 51 heavy (non-hydrogen) atoms. The summed E-state index contributed by atoms with van der Waals surface area (Å²) >= 11 is 0. The van der Waals surface area contributed by atoms with Crippen LogP contribution in [0, 0.1) is 0 Å². The maximum Gasteiger partial charge on any atom is 0.164 e. The zero-order chi connectivity index (χ0) is 33.7. The van der Waals surface area contributed by atoms with Gasteiger partial charge in [0.2, 0.25) is 0 Å². The van der Waals surface area contributed by atoms with Crippen molar-refractivity contribution >= 4 is 43.5 Å². The number of nitrogens with zero attached hydrogens (tertiary/aromatic N) is 3. The van der Waals surface area contributed by atoms with E-state index in [1.54, 1.807) is 0 Å². The van der Waals surface area contributed by atoms with Gasteiger partial charge in [-0.3, -0.25) is 0 Å². The molecule has 0 N–H and O–H groups in total. The molecule has 0 fully saturated rings. The maximum absolute atomic E-state index is 6.30. The first-order valence-corrected chi connectivity index (χ1v) is 17.1. The van der Waals surface area contributed by atoms with Crippen LogP contribution in [-0.2, 0) is 0 Å². The summed E-state index contributed by atoms with van der Waals surface area (Å²) in [6.45, 7) is 0. The Bertz CT molecular complexity index is 2900. The molecular weight excluding hydrogens is 623 g/mol. The first-order valence-electron chi connectivity index (χ1n) is 17.1. The summed E-state index contributed by atoms with van der Waals surface area (Å²) in [5, 5.41) is 6.83. The molecule has 10 rings (SSSR count). The molecule has 0 aliphatic carbocycles. The molecule has 0 radical (unpaired) electrons. The smallest absolute Gasteiger partial charge is 0.164 e. The Morgan fingerprint density at radius 2 is 0.804 bits per heavy atom. The van der Waals surface area contributed by atoms with Crippen LogP contribution in [0.4, 0.5) is 0 Å². The van der Waals surface area contributed by atoms with Crippen LogP contribution >= 0.6 is 0 Å². The first-order chi connectivity index (χ1) is 25.2. The van der Waals surface area contributed by atoms with Crippen LogP contribution in [0.3, 0.4) is 0 Å². The fraction of sp³-hybridized carbons (Fsp3) is 0. The number of rotatable bonds is 5. The number of furan rings is 1. The van der Waals surface area contributed by atoms with Crippen LogP contribution < -0.4 is 0 Å². The maximum atomic E-state index is 6.30. The Morgan fingerprint density at radius 3 is 1.57 bits per heavy atom. The molecule has 2 aromatic heterocycles. The van der Waals surface area contributed by atoms with Gasteiger partial charge < -0.3 is 4.42 Å². The highest BCUT2D eigenvalue weighted by molar-refractivity contribution is 6.26. The van der Waals surface area contributed by atoms with Gasteiger partial charge in [-0.05, 0) is 62.7 Å². The molecule has 0 spiro atoms. The lowest BCUT2D eigenvalue weighted by atomic mass is 9.96. The van der Waals surface area contributed by atoms with Crippen molar-refractivity contribution in [3.63, 3.8) is 0 Å². The quantitative estimate of drug-likeness (QED) is 0.174. The van der Waals surface area contributed by atoms with Crippen molar-refractivity contribution in [1.82, 2.24) is 15.0 Å². The van der Waals surface area contributed by atoms with E-state index < -0.39 is 0 Å². The van der Waals surface area contributed by atoms with Gasteiger partial charge >= 0.3 is 0 Å². The Morgan fingerprint density at radius 1 is 0.294 bits per heavy atom. The average molecular weight is 652 g/mol. The predicted octanol–water partition coefficient (Wildman–Crippen LogP) is 12.4. The van der Waals surface area contributed by atoms with Gasteiger partial charge in [0.25, 0.3) is 0 Å². The molecule has 238 valence electrons. The van der Waals surface area contributed by atoms with Crippen molar-refractivity contribution in [3.05, 3.63) is 176 Å². The lowest BCUT2D eigenvalue weighted by Gasteiger charge is -2.11. The minimum Gasteiger partial charge on any atom is -0.456 e. The molecule has 8 aromatic carbocycles. The molecule has 0 bridgehead atoms. The van der Waals surface area contributed by atoms with E-state index in [4.69, 9.17) is 19.4 Å². The predicted molar refractivity (Wildman–Crippen MR) is 209 cm³/mol. The minimum atomic E-state index is 0.621. The van der Waals surface area contributed by atoms with Gasteiger partial charge in [-0.2, -0.15) is 0 Å². The molecule has 4 nitrogen and oxygen atoms in total. The Balaban J connectivity index is 1.18. The molecule has 0 amide bonds. The number of fused-ring (bicyclic) bond motifs is 7. The van der Waals surface area contributed by atoms with Crippen LogP contribution in [0.5, 0.6) is 0 Å². The molecule has 0 aliphatic rings. The summed E-state index contributed by atoms with van der Waals surface area (Å²) in [6.07, 6.45) is 0. The van der Waals surface area contributed by atoms with Crippen LogP contribution in [-0.4, -0.2) is 15.0 Å². The molecule has 4 heteroatoms. The molecule has 0 atom stereocenters. The summed E-state index contributed by atoms with van der Waals surface area (Å²) in [7, 11) is 0. The van der Waals surface area contributed by atoms with E-state index in [-0.39, 0.29) is 0 Å². The fourth-order valence-corrected chi connectivity index (χ4v) is 7.17. The number of hydrogen-bond donors (Lipinski definition) is 0. The highest BCUT2D eigenvalue weighted by Crippen LogP contribution is 2.39. The third-order valence-corrected chi connectivity index (χ3v) is 9.71. The fourth-order valence-electron chi connectivity index (χ4n) is 7.17. The van der Waals surface area contributed by atoms with Crippen molar-refractivity contribution in [2.45, 2.75) is 0 Å². The number of hydrogen-bond acceptors (Lipinski definition) is 4. The number of benzene rings is 8. The third kappa shape index (κ3) is 5.13. The summed E-state index contributed by atoms with van der Waals surface area (Å²) in [5.41, 5.74) is 9.11. The van der Waals surface area contributed by atoms with Gasteiger partial charge in [0.05, 0.1) is 0 Å². The average Bonchev–Trinajstić information content (AvgIpc) is 3.60. The lowest BCUT2D eigenvalue weighted by molar-refractivity contribution is 0.669. The molecule has 2 heterocycles. The van der Waals surface area contributed by atoms with Gasteiger partial charge in [-0.1, -0.05) is 152 Å². The monoisotopic (exact) mass is 651 g/mol. The van der Waals surface area contributed by atoms with Crippen molar-refractivity contribution < 1.29 is 4.42 Å². The van der Waals surface area contributed by atoms with Crippen LogP contribution in [0.1, 0.15) is 0 Å². The summed E-state index contributed by atoms with van der Waals surface area (Å²) < 4.78 is 6.30. The standard InChI is InChI=1S/C47H29N3O/c1-3-10-30(11-4-1)32-18-23-35(24-19-32)45-48-46(37-15-9-14-36(28-37)31-12-5-2-6-13-31)50-47(49-45)38-25-21-33-20-22-34-26-27-42-44(43(34)40(33)29-38)39-16-7-8-17-41(39)51-42/h1-29H. The molecule has 0 saturated heterocycles. The minimum absolute atomic E-state index is 0.621. The first kappa shape index (κ1) is 29.0. The van der Waals surface area contributed by atoms with Crippen LogP contribution in [0.15, 0.2) is 180 Å². The lowest BCUT2D eigenvalue weighted by Crippen LogP contribution is -2.00. The number of para-hydroxylation sites is 1. The third-order valence-electron chi connectivity index (χ3n) is 9.71. The highest BCUT2D eigenvalue weighted by Gasteiger charge is 2.17. The Hall–Kier alpha value is -6.91. The SMILES string of the molecule is c1ccc(-c2ccc(-c3nc(-c4cccc(-c5ccccc5)c4)nc(-c4ccc5ccc6ccc7oc8ccccc8c7c6c5c4)n3)cc2)cc1. The second kappa shape index (κ2) is 11.9. The largest absolute Gasteiger partial charge is 0.456 e. The van der Waals surface area contributed by atoms with E-state index in [1.807, 2.05) is 24.3 Å². The van der Waals surface area contributed by atoms with Gasteiger partial charge in [-0.15, -0.1) is 0 Å². The highest BCUT2D eigenvalue weighted by atomic mass is 16.3. The van der Waals surface area contributed by atoms with E-state index in [0.717, 1.165) is 71.5 Å². The van der Waals surface area contributed by atoms with Crippen molar-refractivity contribution in [1.29, 1.82) is 0 Å². The second-order valence-corrected chi connectivity index (χ2v) is 12.8. The second-order valence-electron chi connectivity index (χ2n) is 12.8.